The largest absolute Gasteiger partial charge is 0.382 e. The van der Waals surface area contributed by atoms with Crippen molar-refractivity contribution >= 4 is 5.69 Å². The second-order valence-electron chi connectivity index (χ2n) is 4.84. The van der Waals surface area contributed by atoms with Crippen LogP contribution >= 0.6 is 0 Å². The van der Waals surface area contributed by atoms with Crippen LogP contribution in [0.25, 0.3) is 11.4 Å². The van der Waals surface area contributed by atoms with Crippen LogP contribution in [0, 0.1) is 6.92 Å². The molecule has 1 aromatic heterocycles. The monoisotopic (exact) mass is 270 g/mol. The predicted octanol–water partition coefficient (Wildman–Crippen LogP) is 2.78. The SMILES string of the molecule is CCc1nc(-c2ccc(C)cc2)ncc1NCCCN. The van der Waals surface area contributed by atoms with Crippen LogP contribution in [0.5, 0.6) is 0 Å². The van der Waals surface area contributed by atoms with E-state index in [4.69, 9.17) is 5.73 Å². The first-order chi connectivity index (χ1) is 9.74. The molecule has 1 heterocycles. The third-order valence-corrected chi connectivity index (χ3v) is 3.21. The Bertz CT molecular complexity index is 549. The van der Waals surface area contributed by atoms with Crippen LogP contribution in [0.1, 0.15) is 24.6 Å². The zero-order chi connectivity index (χ0) is 14.4. The van der Waals surface area contributed by atoms with Crippen molar-refractivity contribution in [3.05, 3.63) is 41.7 Å². The molecule has 0 amide bonds. The Hall–Kier alpha value is -1.94. The van der Waals surface area contributed by atoms with Crippen molar-refractivity contribution in [2.24, 2.45) is 5.73 Å². The van der Waals surface area contributed by atoms with E-state index in [0.29, 0.717) is 6.54 Å². The van der Waals surface area contributed by atoms with Gasteiger partial charge in [0.05, 0.1) is 17.6 Å². The highest BCUT2D eigenvalue weighted by Crippen LogP contribution is 2.20. The van der Waals surface area contributed by atoms with Crippen LogP contribution in [0.4, 0.5) is 5.69 Å². The minimum atomic E-state index is 0.691. The van der Waals surface area contributed by atoms with E-state index in [1.54, 1.807) is 0 Å². The van der Waals surface area contributed by atoms with Gasteiger partial charge in [0.1, 0.15) is 0 Å². The number of rotatable bonds is 6. The molecule has 3 N–H and O–H groups in total. The number of hydrogen-bond acceptors (Lipinski definition) is 4. The lowest BCUT2D eigenvalue weighted by Crippen LogP contribution is -2.11. The normalized spacial score (nSPS) is 10.6. The lowest BCUT2D eigenvalue weighted by atomic mass is 10.1. The number of anilines is 1. The Morgan fingerprint density at radius 1 is 1.20 bits per heavy atom. The molecule has 0 bridgehead atoms. The predicted molar refractivity (Wildman–Crippen MR) is 83.7 cm³/mol. The third kappa shape index (κ3) is 3.54. The molecule has 0 saturated heterocycles. The number of aryl methyl sites for hydroxylation is 2. The van der Waals surface area contributed by atoms with Gasteiger partial charge >= 0.3 is 0 Å². The molecule has 4 heteroatoms. The van der Waals surface area contributed by atoms with E-state index in [1.807, 2.05) is 6.20 Å². The Kier molecular flexibility index (Phi) is 5.07. The molecule has 106 valence electrons. The van der Waals surface area contributed by atoms with Gasteiger partial charge in [-0.3, -0.25) is 0 Å². The summed E-state index contributed by atoms with van der Waals surface area (Å²) in [6.07, 6.45) is 3.70. The van der Waals surface area contributed by atoms with Crippen molar-refractivity contribution in [1.82, 2.24) is 9.97 Å². The Morgan fingerprint density at radius 2 is 1.95 bits per heavy atom. The summed E-state index contributed by atoms with van der Waals surface area (Å²) in [5.74, 6) is 0.784. The molecule has 0 fully saturated rings. The highest BCUT2D eigenvalue weighted by molar-refractivity contribution is 5.58. The van der Waals surface area contributed by atoms with E-state index in [-0.39, 0.29) is 0 Å². The highest BCUT2D eigenvalue weighted by Gasteiger charge is 2.07. The van der Waals surface area contributed by atoms with Crippen LogP contribution < -0.4 is 11.1 Å². The molecule has 0 radical (unpaired) electrons. The number of hydrogen-bond donors (Lipinski definition) is 2. The first-order valence-corrected chi connectivity index (χ1v) is 7.11. The van der Waals surface area contributed by atoms with Gasteiger partial charge in [0, 0.05) is 12.1 Å². The van der Waals surface area contributed by atoms with E-state index >= 15 is 0 Å². The summed E-state index contributed by atoms with van der Waals surface area (Å²) in [5, 5.41) is 3.35. The molecule has 1 aromatic carbocycles. The number of aromatic nitrogens is 2. The molecule has 2 aromatic rings. The maximum atomic E-state index is 5.50. The summed E-state index contributed by atoms with van der Waals surface area (Å²) in [6, 6.07) is 8.28. The Morgan fingerprint density at radius 3 is 2.60 bits per heavy atom. The molecule has 20 heavy (non-hydrogen) atoms. The molecule has 0 unspecified atom stereocenters. The summed E-state index contributed by atoms with van der Waals surface area (Å²) < 4.78 is 0. The molecule has 0 aliphatic rings. The molecular formula is C16H22N4. The Balaban J connectivity index is 2.22. The van der Waals surface area contributed by atoms with Crippen LogP contribution in [-0.4, -0.2) is 23.1 Å². The zero-order valence-electron chi connectivity index (χ0n) is 12.2. The van der Waals surface area contributed by atoms with Crippen molar-refractivity contribution in [3.8, 4) is 11.4 Å². The van der Waals surface area contributed by atoms with Crippen molar-refractivity contribution in [2.45, 2.75) is 26.7 Å². The number of nitrogens with zero attached hydrogens (tertiary/aromatic N) is 2. The molecule has 2 rings (SSSR count). The van der Waals surface area contributed by atoms with Crippen LogP contribution in [0.15, 0.2) is 30.5 Å². The Labute approximate surface area is 120 Å². The minimum absolute atomic E-state index is 0.691. The van der Waals surface area contributed by atoms with Gasteiger partial charge < -0.3 is 11.1 Å². The fraction of sp³-hybridized carbons (Fsp3) is 0.375. The lowest BCUT2D eigenvalue weighted by Gasteiger charge is -2.11. The minimum Gasteiger partial charge on any atom is -0.382 e. The smallest absolute Gasteiger partial charge is 0.159 e. The maximum Gasteiger partial charge on any atom is 0.159 e. The van der Waals surface area contributed by atoms with Gasteiger partial charge in [-0.2, -0.15) is 0 Å². The average molecular weight is 270 g/mol. The first-order valence-electron chi connectivity index (χ1n) is 7.11. The number of nitrogens with one attached hydrogen (secondary N) is 1. The summed E-state index contributed by atoms with van der Waals surface area (Å²) in [4.78, 5) is 9.13. The van der Waals surface area contributed by atoms with Crippen LogP contribution in [0.2, 0.25) is 0 Å². The van der Waals surface area contributed by atoms with Crippen LogP contribution in [0.3, 0.4) is 0 Å². The fourth-order valence-electron chi connectivity index (χ4n) is 2.00. The van der Waals surface area contributed by atoms with E-state index in [2.05, 4.69) is 53.4 Å². The van der Waals surface area contributed by atoms with Gasteiger partial charge in [-0.1, -0.05) is 36.8 Å². The standard InChI is InChI=1S/C16H22N4/c1-3-14-15(18-10-4-9-17)11-19-16(20-14)13-7-5-12(2)6-8-13/h5-8,11,18H,3-4,9-10,17H2,1-2H3. The topological polar surface area (TPSA) is 63.8 Å². The summed E-state index contributed by atoms with van der Waals surface area (Å²) in [5.41, 5.74) is 9.86. The zero-order valence-corrected chi connectivity index (χ0v) is 12.2. The second kappa shape index (κ2) is 7.01. The van der Waals surface area contributed by atoms with Crippen molar-refractivity contribution in [2.75, 3.05) is 18.4 Å². The van der Waals surface area contributed by atoms with Gasteiger partial charge in [0.25, 0.3) is 0 Å². The number of nitrogens with two attached hydrogens (primary N) is 1. The van der Waals surface area contributed by atoms with E-state index in [0.717, 1.165) is 42.2 Å². The third-order valence-electron chi connectivity index (χ3n) is 3.21. The van der Waals surface area contributed by atoms with Gasteiger partial charge in [0.2, 0.25) is 0 Å². The molecule has 0 spiro atoms. The molecule has 0 aliphatic heterocycles. The molecule has 4 nitrogen and oxygen atoms in total. The summed E-state index contributed by atoms with van der Waals surface area (Å²) in [7, 11) is 0. The fourth-order valence-corrected chi connectivity index (χ4v) is 2.00. The van der Waals surface area contributed by atoms with Gasteiger partial charge in [0.15, 0.2) is 5.82 Å². The van der Waals surface area contributed by atoms with Gasteiger partial charge in [-0.05, 0) is 26.3 Å². The summed E-state index contributed by atoms with van der Waals surface area (Å²) >= 11 is 0. The highest BCUT2D eigenvalue weighted by atomic mass is 15.0. The molecule has 0 atom stereocenters. The van der Waals surface area contributed by atoms with E-state index < -0.39 is 0 Å². The van der Waals surface area contributed by atoms with Gasteiger partial charge in [-0.15, -0.1) is 0 Å². The molecule has 0 aliphatic carbocycles. The van der Waals surface area contributed by atoms with Crippen LogP contribution in [-0.2, 0) is 6.42 Å². The molecule has 0 saturated carbocycles. The van der Waals surface area contributed by atoms with E-state index in [1.165, 1.54) is 5.56 Å². The van der Waals surface area contributed by atoms with Crippen molar-refractivity contribution in [3.63, 3.8) is 0 Å². The quantitative estimate of drug-likeness (QED) is 0.792. The summed E-state index contributed by atoms with van der Waals surface area (Å²) in [6.45, 7) is 5.73. The maximum absolute atomic E-state index is 5.50. The number of benzene rings is 1. The molecular weight excluding hydrogens is 248 g/mol. The second-order valence-corrected chi connectivity index (χ2v) is 4.84. The van der Waals surface area contributed by atoms with E-state index in [9.17, 15) is 0 Å². The average Bonchev–Trinajstić information content (AvgIpc) is 2.48. The van der Waals surface area contributed by atoms with Gasteiger partial charge in [-0.25, -0.2) is 9.97 Å². The lowest BCUT2D eigenvalue weighted by molar-refractivity contribution is 0.867. The van der Waals surface area contributed by atoms with Crippen molar-refractivity contribution in [1.29, 1.82) is 0 Å². The van der Waals surface area contributed by atoms with Crippen molar-refractivity contribution < 1.29 is 0 Å². The first kappa shape index (κ1) is 14.5.